The third-order valence-corrected chi connectivity index (χ3v) is 4.60. The van der Waals surface area contributed by atoms with Gasteiger partial charge in [-0.2, -0.15) is 0 Å². The Morgan fingerprint density at radius 3 is 2.32 bits per heavy atom. The van der Waals surface area contributed by atoms with Gasteiger partial charge in [0.2, 0.25) is 0 Å². The molecule has 0 atom stereocenters. The molecule has 0 heterocycles. The summed E-state index contributed by atoms with van der Waals surface area (Å²) in [7, 11) is -4.00. The van der Waals surface area contributed by atoms with Crippen LogP contribution in [0.25, 0.3) is 10.8 Å². The average molecular weight is 319 g/mol. The first kappa shape index (κ1) is 14.5. The van der Waals surface area contributed by atoms with Crippen molar-refractivity contribution >= 4 is 26.5 Å². The molecule has 22 heavy (non-hydrogen) atoms. The van der Waals surface area contributed by atoms with Crippen LogP contribution < -0.4 is 4.72 Å². The topological polar surface area (TPSA) is 46.2 Å². The SMILES string of the molecule is O=S(=O)(Nc1cccc2ccccc12)c1ccc(F)c(F)c1. The summed E-state index contributed by atoms with van der Waals surface area (Å²) < 4.78 is 53.2. The summed E-state index contributed by atoms with van der Waals surface area (Å²) in [4.78, 5) is -0.334. The summed E-state index contributed by atoms with van der Waals surface area (Å²) >= 11 is 0. The van der Waals surface area contributed by atoms with E-state index in [-0.39, 0.29) is 4.90 Å². The van der Waals surface area contributed by atoms with Crippen LogP contribution in [0.3, 0.4) is 0 Å². The number of hydrogen-bond donors (Lipinski definition) is 1. The van der Waals surface area contributed by atoms with Crippen molar-refractivity contribution in [2.45, 2.75) is 4.90 Å². The van der Waals surface area contributed by atoms with Crippen LogP contribution in [-0.2, 0) is 10.0 Å². The van der Waals surface area contributed by atoms with Gasteiger partial charge in [0.25, 0.3) is 10.0 Å². The fourth-order valence-corrected chi connectivity index (χ4v) is 3.25. The number of sulfonamides is 1. The van der Waals surface area contributed by atoms with E-state index in [1.54, 1.807) is 24.3 Å². The van der Waals surface area contributed by atoms with Crippen molar-refractivity contribution in [2.75, 3.05) is 4.72 Å². The monoisotopic (exact) mass is 319 g/mol. The Balaban J connectivity index is 2.05. The van der Waals surface area contributed by atoms with Crippen molar-refractivity contribution in [3.8, 4) is 0 Å². The molecule has 3 nitrogen and oxygen atoms in total. The fourth-order valence-electron chi connectivity index (χ4n) is 2.16. The van der Waals surface area contributed by atoms with Crippen LogP contribution in [0, 0.1) is 11.6 Å². The molecule has 3 rings (SSSR count). The van der Waals surface area contributed by atoms with E-state index in [9.17, 15) is 17.2 Å². The maximum Gasteiger partial charge on any atom is 0.262 e. The zero-order valence-electron chi connectivity index (χ0n) is 11.3. The molecule has 0 unspecified atom stereocenters. The van der Waals surface area contributed by atoms with Crippen LogP contribution >= 0.6 is 0 Å². The fraction of sp³-hybridized carbons (Fsp3) is 0. The van der Waals surface area contributed by atoms with E-state index < -0.39 is 21.7 Å². The van der Waals surface area contributed by atoms with Gasteiger partial charge in [-0.1, -0.05) is 36.4 Å². The number of anilines is 1. The summed E-state index contributed by atoms with van der Waals surface area (Å²) in [5, 5.41) is 1.59. The number of rotatable bonds is 3. The third-order valence-electron chi connectivity index (χ3n) is 3.24. The standard InChI is InChI=1S/C16H11F2NO2S/c17-14-9-8-12(10-15(14)18)22(20,21)19-16-7-3-5-11-4-1-2-6-13(11)16/h1-10,19H. The largest absolute Gasteiger partial charge is 0.279 e. The molecule has 0 saturated heterocycles. The van der Waals surface area contributed by atoms with Gasteiger partial charge in [0.15, 0.2) is 11.6 Å². The van der Waals surface area contributed by atoms with E-state index >= 15 is 0 Å². The first-order valence-corrected chi connectivity index (χ1v) is 7.91. The second-order valence-corrected chi connectivity index (χ2v) is 6.39. The van der Waals surface area contributed by atoms with Gasteiger partial charge in [-0.05, 0) is 29.7 Å². The summed E-state index contributed by atoms with van der Waals surface area (Å²) in [6.45, 7) is 0. The van der Waals surface area contributed by atoms with Crippen LogP contribution in [0.2, 0.25) is 0 Å². The summed E-state index contributed by atoms with van der Waals surface area (Å²) in [5.41, 5.74) is 0.378. The normalized spacial score (nSPS) is 11.5. The molecule has 3 aromatic carbocycles. The number of benzene rings is 3. The molecule has 0 bridgehead atoms. The highest BCUT2D eigenvalue weighted by Gasteiger charge is 2.17. The molecule has 0 aliphatic carbocycles. The maximum atomic E-state index is 13.2. The number of halogens is 2. The zero-order chi connectivity index (χ0) is 15.7. The predicted octanol–water partition coefficient (Wildman–Crippen LogP) is 3.92. The van der Waals surface area contributed by atoms with E-state index in [4.69, 9.17) is 0 Å². The number of fused-ring (bicyclic) bond motifs is 1. The van der Waals surface area contributed by atoms with Gasteiger partial charge in [0.1, 0.15) is 0 Å². The Morgan fingerprint density at radius 1 is 0.818 bits per heavy atom. The van der Waals surface area contributed by atoms with Crippen molar-refractivity contribution in [2.24, 2.45) is 0 Å². The highest BCUT2D eigenvalue weighted by molar-refractivity contribution is 7.92. The van der Waals surface area contributed by atoms with Gasteiger partial charge in [-0.3, -0.25) is 4.72 Å². The van der Waals surface area contributed by atoms with Crippen LogP contribution in [0.4, 0.5) is 14.5 Å². The van der Waals surface area contributed by atoms with Gasteiger partial charge < -0.3 is 0 Å². The second-order valence-electron chi connectivity index (χ2n) is 4.71. The molecule has 0 amide bonds. The van der Waals surface area contributed by atoms with E-state index in [2.05, 4.69) is 4.72 Å². The van der Waals surface area contributed by atoms with E-state index in [0.29, 0.717) is 11.8 Å². The minimum absolute atomic E-state index is 0.334. The minimum atomic E-state index is -4.00. The minimum Gasteiger partial charge on any atom is -0.279 e. The lowest BCUT2D eigenvalue weighted by atomic mass is 10.1. The average Bonchev–Trinajstić information content (AvgIpc) is 2.50. The van der Waals surface area contributed by atoms with Gasteiger partial charge >= 0.3 is 0 Å². The van der Waals surface area contributed by atoms with Crippen molar-refractivity contribution in [3.63, 3.8) is 0 Å². The molecular formula is C16H11F2NO2S. The van der Waals surface area contributed by atoms with Crippen molar-refractivity contribution < 1.29 is 17.2 Å². The molecule has 0 aromatic heterocycles. The predicted molar refractivity (Wildman–Crippen MR) is 81.1 cm³/mol. The second kappa shape index (κ2) is 5.38. The Labute approximate surface area is 126 Å². The summed E-state index contributed by atoms with van der Waals surface area (Å²) in [5.74, 6) is -2.30. The maximum absolute atomic E-state index is 13.2. The lowest BCUT2D eigenvalue weighted by Crippen LogP contribution is -2.13. The summed E-state index contributed by atoms with van der Waals surface area (Å²) in [6.07, 6.45) is 0. The van der Waals surface area contributed by atoms with Crippen molar-refractivity contribution in [1.29, 1.82) is 0 Å². The van der Waals surface area contributed by atoms with Crippen molar-refractivity contribution in [1.82, 2.24) is 0 Å². The molecule has 112 valence electrons. The molecule has 0 spiro atoms. The smallest absolute Gasteiger partial charge is 0.262 e. The molecule has 0 aliphatic rings. The van der Waals surface area contributed by atoms with Crippen LogP contribution in [-0.4, -0.2) is 8.42 Å². The molecule has 3 aromatic rings. The first-order chi connectivity index (χ1) is 10.5. The Hall–Kier alpha value is -2.47. The van der Waals surface area contributed by atoms with E-state index in [1.807, 2.05) is 18.2 Å². The molecule has 6 heteroatoms. The Morgan fingerprint density at radius 2 is 1.55 bits per heavy atom. The lowest BCUT2D eigenvalue weighted by Gasteiger charge is -2.11. The van der Waals surface area contributed by atoms with Gasteiger partial charge in [0.05, 0.1) is 10.6 Å². The van der Waals surface area contributed by atoms with E-state index in [0.717, 1.165) is 22.9 Å². The molecule has 0 saturated carbocycles. The number of nitrogens with one attached hydrogen (secondary N) is 1. The van der Waals surface area contributed by atoms with Gasteiger partial charge in [-0.15, -0.1) is 0 Å². The third kappa shape index (κ3) is 2.65. The Bertz CT molecular complexity index is 950. The highest BCUT2D eigenvalue weighted by Crippen LogP contribution is 2.26. The van der Waals surface area contributed by atoms with E-state index in [1.165, 1.54) is 0 Å². The highest BCUT2D eigenvalue weighted by atomic mass is 32.2. The zero-order valence-corrected chi connectivity index (χ0v) is 12.1. The van der Waals surface area contributed by atoms with Crippen LogP contribution in [0.15, 0.2) is 65.6 Å². The van der Waals surface area contributed by atoms with Gasteiger partial charge in [0, 0.05) is 5.39 Å². The molecule has 0 radical (unpaired) electrons. The quantitative estimate of drug-likeness (QED) is 0.795. The van der Waals surface area contributed by atoms with Gasteiger partial charge in [-0.25, -0.2) is 17.2 Å². The molecular weight excluding hydrogens is 308 g/mol. The molecule has 1 N–H and O–H groups in total. The molecule has 0 fully saturated rings. The molecule has 0 aliphatic heterocycles. The van der Waals surface area contributed by atoms with Crippen LogP contribution in [0.1, 0.15) is 0 Å². The lowest BCUT2D eigenvalue weighted by molar-refractivity contribution is 0.504. The van der Waals surface area contributed by atoms with Crippen LogP contribution in [0.5, 0.6) is 0 Å². The first-order valence-electron chi connectivity index (χ1n) is 6.43. The number of hydrogen-bond acceptors (Lipinski definition) is 2. The summed E-state index contributed by atoms with van der Waals surface area (Å²) in [6, 6.07) is 14.9. The Kier molecular flexibility index (Phi) is 3.54. The van der Waals surface area contributed by atoms with Crippen molar-refractivity contribution in [3.05, 3.63) is 72.3 Å².